The SMILES string of the molecule is CNc1nc(NCC2(C3CC3)CC2)c2ccsc2n1. The van der Waals surface area contributed by atoms with Gasteiger partial charge in [0.25, 0.3) is 0 Å². The van der Waals surface area contributed by atoms with Crippen LogP contribution in [0.15, 0.2) is 11.4 Å². The molecule has 100 valence electrons. The molecule has 0 aromatic carbocycles. The number of rotatable bonds is 5. The molecule has 0 radical (unpaired) electrons. The van der Waals surface area contributed by atoms with Crippen LogP contribution < -0.4 is 10.6 Å². The smallest absolute Gasteiger partial charge is 0.225 e. The molecule has 4 rings (SSSR count). The molecule has 0 atom stereocenters. The highest BCUT2D eigenvalue weighted by Crippen LogP contribution is 2.61. The van der Waals surface area contributed by atoms with Crippen molar-refractivity contribution in [2.75, 3.05) is 24.2 Å². The molecule has 2 N–H and O–H groups in total. The molecule has 2 fully saturated rings. The Morgan fingerprint density at radius 2 is 2.21 bits per heavy atom. The van der Waals surface area contributed by atoms with Crippen LogP contribution in [-0.2, 0) is 0 Å². The van der Waals surface area contributed by atoms with Crippen molar-refractivity contribution in [3.05, 3.63) is 11.4 Å². The van der Waals surface area contributed by atoms with E-state index in [-0.39, 0.29) is 0 Å². The van der Waals surface area contributed by atoms with Gasteiger partial charge in [-0.15, -0.1) is 11.3 Å². The van der Waals surface area contributed by atoms with E-state index in [1.165, 1.54) is 25.7 Å². The second kappa shape index (κ2) is 4.07. The minimum Gasteiger partial charge on any atom is -0.369 e. The summed E-state index contributed by atoms with van der Waals surface area (Å²) in [6.07, 6.45) is 5.64. The van der Waals surface area contributed by atoms with Crippen molar-refractivity contribution in [1.82, 2.24) is 9.97 Å². The molecule has 0 saturated heterocycles. The Bertz CT molecular complexity index is 613. The zero-order valence-corrected chi connectivity index (χ0v) is 11.9. The minimum absolute atomic E-state index is 0.590. The van der Waals surface area contributed by atoms with E-state index in [0.717, 1.165) is 28.5 Å². The highest BCUT2D eigenvalue weighted by atomic mass is 32.1. The van der Waals surface area contributed by atoms with Crippen LogP contribution in [0.4, 0.5) is 11.8 Å². The molecule has 0 aliphatic heterocycles. The van der Waals surface area contributed by atoms with E-state index in [9.17, 15) is 0 Å². The molecule has 2 heterocycles. The average molecular weight is 274 g/mol. The van der Waals surface area contributed by atoms with Gasteiger partial charge in [-0.05, 0) is 48.5 Å². The van der Waals surface area contributed by atoms with Gasteiger partial charge in [-0.25, -0.2) is 4.98 Å². The molecule has 2 aliphatic carbocycles. The van der Waals surface area contributed by atoms with Crippen LogP contribution >= 0.6 is 11.3 Å². The molecule has 0 amide bonds. The number of thiophene rings is 1. The lowest BCUT2D eigenvalue weighted by atomic mass is 10.0. The van der Waals surface area contributed by atoms with E-state index in [4.69, 9.17) is 0 Å². The third-order valence-corrected chi connectivity index (χ3v) is 5.30. The molecular formula is C14H18N4S. The molecule has 19 heavy (non-hydrogen) atoms. The number of nitrogens with zero attached hydrogens (tertiary/aromatic N) is 2. The van der Waals surface area contributed by atoms with Crippen LogP contribution in [0.5, 0.6) is 0 Å². The van der Waals surface area contributed by atoms with Crippen molar-refractivity contribution < 1.29 is 0 Å². The van der Waals surface area contributed by atoms with Gasteiger partial charge in [-0.2, -0.15) is 4.98 Å². The lowest BCUT2D eigenvalue weighted by Gasteiger charge is -2.16. The van der Waals surface area contributed by atoms with E-state index >= 15 is 0 Å². The Labute approximate surface area is 116 Å². The van der Waals surface area contributed by atoms with Crippen molar-refractivity contribution >= 4 is 33.3 Å². The van der Waals surface area contributed by atoms with Crippen LogP contribution in [0.25, 0.3) is 10.2 Å². The predicted molar refractivity (Wildman–Crippen MR) is 79.8 cm³/mol. The van der Waals surface area contributed by atoms with Gasteiger partial charge >= 0.3 is 0 Å². The van der Waals surface area contributed by atoms with E-state index < -0.39 is 0 Å². The number of fused-ring (bicyclic) bond motifs is 1. The van der Waals surface area contributed by atoms with Crippen molar-refractivity contribution in [2.24, 2.45) is 11.3 Å². The molecular weight excluding hydrogens is 256 g/mol. The molecule has 2 aromatic heterocycles. The largest absolute Gasteiger partial charge is 0.369 e. The Balaban J connectivity index is 1.60. The molecule has 0 bridgehead atoms. The highest BCUT2D eigenvalue weighted by Gasteiger charge is 2.53. The van der Waals surface area contributed by atoms with E-state index in [1.54, 1.807) is 11.3 Å². The summed E-state index contributed by atoms with van der Waals surface area (Å²) in [6.45, 7) is 1.07. The molecule has 0 unspecified atom stereocenters. The summed E-state index contributed by atoms with van der Waals surface area (Å²) in [7, 11) is 1.87. The lowest BCUT2D eigenvalue weighted by molar-refractivity contribution is 0.466. The first-order valence-electron chi connectivity index (χ1n) is 6.98. The fraction of sp³-hybridized carbons (Fsp3) is 0.571. The number of nitrogens with one attached hydrogen (secondary N) is 2. The summed E-state index contributed by atoms with van der Waals surface area (Å²) in [6, 6.07) is 2.11. The van der Waals surface area contributed by atoms with Gasteiger partial charge in [-0.1, -0.05) is 0 Å². The fourth-order valence-electron chi connectivity index (χ4n) is 2.95. The predicted octanol–water partition coefficient (Wildman–Crippen LogP) is 3.34. The second-order valence-electron chi connectivity index (χ2n) is 5.78. The highest BCUT2D eigenvalue weighted by molar-refractivity contribution is 7.16. The van der Waals surface area contributed by atoms with Crippen LogP contribution in [-0.4, -0.2) is 23.6 Å². The summed E-state index contributed by atoms with van der Waals surface area (Å²) >= 11 is 1.67. The van der Waals surface area contributed by atoms with E-state index in [2.05, 4.69) is 32.0 Å². The summed E-state index contributed by atoms with van der Waals surface area (Å²) in [4.78, 5) is 10.1. The maximum atomic E-state index is 4.58. The van der Waals surface area contributed by atoms with Gasteiger partial charge in [0.05, 0.1) is 5.39 Å². The van der Waals surface area contributed by atoms with Gasteiger partial charge in [0.1, 0.15) is 10.6 Å². The summed E-state index contributed by atoms with van der Waals surface area (Å²) < 4.78 is 0. The van der Waals surface area contributed by atoms with Gasteiger partial charge in [-0.3, -0.25) is 0 Å². The minimum atomic E-state index is 0.590. The van der Waals surface area contributed by atoms with Gasteiger partial charge in [0, 0.05) is 13.6 Å². The first-order valence-corrected chi connectivity index (χ1v) is 7.86. The maximum Gasteiger partial charge on any atom is 0.225 e. The van der Waals surface area contributed by atoms with Crippen molar-refractivity contribution in [2.45, 2.75) is 25.7 Å². The molecule has 0 spiro atoms. The van der Waals surface area contributed by atoms with Gasteiger partial charge in [0.15, 0.2) is 0 Å². The Hall–Kier alpha value is -1.36. The molecule has 2 aliphatic rings. The van der Waals surface area contributed by atoms with Crippen LogP contribution in [0.1, 0.15) is 25.7 Å². The Morgan fingerprint density at radius 1 is 1.37 bits per heavy atom. The van der Waals surface area contributed by atoms with Crippen molar-refractivity contribution in [3.63, 3.8) is 0 Å². The van der Waals surface area contributed by atoms with E-state index in [0.29, 0.717) is 11.4 Å². The van der Waals surface area contributed by atoms with Crippen molar-refractivity contribution in [3.8, 4) is 0 Å². The fourth-order valence-corrected chi connectivity index (χ4v) is 3.71. The molecule has 2 saturated carbocycles. The molecule has 5 heteroatoms. The number of anilines is 2. The summed E-state index contributed by atoms with van der Waals surface area (Å²) in [5.41, 5.74) is 0.590. The van der Waals surface area contributed by atoms with Crippen LogP contribution in [0, 0.1) is 11.3 Å². The normalized spacial score (nSPS) is 20.5. The quantitative estimate of drug-likeness (QED) is 0.878. The number of aromatic nitrogens is 2. The number of hydrogen-bond acceptors (Lipinski definition) is 5. The maximum absolute atomic E-state index is 4.58. The molecule has 4 nitrogen and oxygen atoms in total. The third kappa shape index (κ3) is 1.96. The zero-order chi connectivity index (χ0) is 12.9. The molecule has 2 aromatic rings. The first kappa shape index (κ1) is 11.5. The average Bonchev–Trinajstić information content (AvgIpc) is 3.33. The second-order valence-corrected chi connectivity index (χ2v) is 6.67. The topological polar surface area (TPSA) is 49.8 Å². The first-order chi connectivity index (χ1) is 9.31. The Kier molecular flexibility index (Phi) is 2.45. The summed E-state index contributed by atoms with van der Waals surface area (Å²) in [5.74, 6) is 2.67. The standard InChI is InChI=1S/C14H18N4S/c1-15-13-17-11(10-4-7-19-12(10)18-13)16-8-14(5-6-14)9-2-3-9/h4,7,9H,2-3,5-6,8H2,1H3,(H2,15,16,17,18). The van der Waals surface area contributed by atoms with Gasteiger partial charge < -0.3 is 10.6 Å². The zero-order valence-electron chi connectivity index (χ0n) is 11.1. The van der Waals surface area contributed by atoms with Crippen molar-refractivity contribution in [1.29, 1.82) is 0 Å². The summed E-state index contributed by atoms with van der Waals surface area (Å²) in [5, 5.41) is 9.86. The Morgan fingerprint density at radius 3 is 2.89 bits per heavy atom. The van der Waals surface area contributed by atoms with Crippen LogP contribution in [0.3, 0.4) is 0 Å². The van der Waals surface area contributed by atoms with Crippen LogP contribution in [0.2, 0.25) is 0 Å². The third-order valence-electron chi connectivity index (χ3n) is 4.49. The number of hydrogen-bond donors (Lipinski definition) is 2. The lowest BCUT2D eigenvalue weighted by Crippen LogP contribution is -2.18. The van der Waals surface area contributed by atoms with Gasteiger partial charge in [0.2, 0.25) is 5.95 Å². The van der Waals surface area contributed by atoms with E-state index in [1.807, 2.05) is 7.05 Å². The monoisotopic (exact) mass is 274 g/mol.